The molecule has 2 heterocycles. The minimum atomic E-state index is 0.931. The molecule has 0 saturated carbocycles. The van der Waals surface area contributed by atoms with Gasteiger partial charge in [-0.25, -0.2) is 0 Å². The van der Waals surface area contributed by atoms with Crippen molar-refractivity contribution in [2.24, 2.45) is 0 Å². The average Bonchev–Trinajstić information content (AvgIpc) is 2.76. The van der Waals surface area contributed by atoms with Crippen LogP contribution in [0.3, 0.4) is 0 Å². The number of hydrogen-bond acceptors (Lipinski definition) is 4. The topological polar surface area (TPSA) is 41.3 Å². The first kappa shape index (κ1) is 10.6. The molecule has 1 aliphatic heterocycles. The second-order valence-corrected chi connectivity index (χ2v) is 3.98. The Balaban J connectivity index is 1.76. The normalized spacial score (nSPS) is 18.2. The molecule has 0 aliphatic carbocycles. The van der Waals surface area contributed by atoms with Gasteiger partial charge < -0.3 is 14.7 Å². The highest BCUT2D eigenvalue weighted by atomic mass is 16.5. The number of aryl methyl sites for hydroxylation is 1. The van der Waals surface area contributed by atoms with Crippen LogP contribution in [0.4, 0.5) is 0 Å². The van der Waals surface area contributed by atoms with Gasteiger partial charge in [0.05, 0.1) is 5.69 Å². The molecule has 0 atom stereocenters. The number of hydrogen-bond donors (Lipinski definition) is 1. The van der Waals surface area contributed by atoms with Gasteiger partial charge in [-0.3, -0.25) is 0 Å². The van der Waals surface area contributed by atoms with Crippen molar-refractivity contribution in [1.29, 1.82) is 0 Å². The fourth-order valence-corrected chi connectivity index (χ4v) is 1.85. The zero-order valence-electron chi connectivity index (χ0n) is 9.33. The lowest BCUT2D eigenvalue weighted by molar-refractivity contribution is 0.242. The maximum absolute atomic E-state index is 5.17. The van der Waals surface area contributed by atoms with E-state index in [9.17, 15) is 0 Å². The predicted molar refractivity (Wildman–Crippen MR) is 58.9 cm³/mol. The van der Waals surface area contributed by atoms with Gasteiger partial charge in [-0.1, -0.05) is 12.1 Å². The first-order valence-electron chi connectivity index (χ1n) is 5.76. The van der Waals surface area contributed by atoms with Crippen LogP contribution < -0.4 is 5.32 Å². The number of piperazine rings is 1. The van der Waals surface area contributed by atoms with Crippen LogP contribution in [0.1, 0.15) is 18.4 Å². The Morgan fingerprint density at radius 1 is 1.47 bits per heavy atom. The molecule has 0 amide bonds. The number of nitrogens with one attached hydrogen (secondary N) is 1. The van der Waals surface area contributed by atoms with Crippen LogP contribution in [-0.4, -0.2) is 42.8 Å². The summed E-state index contributed by atoms with van der Waals surface area (Å²) in [6, 6.07) is 2.07. The van der Waals surface area contributed by atoms with Gasteiger partial charge in [0.2, 0.25) is 0 Å². The van der Waals surface area contributed by atoms with Crippen LogP contribution in [0.5, 0.6) is 0 Å². The molecule has 0 radical (unpaired) electrons. The lowest BCUT2D eigenvalue weighted by Crippen LogP contribution is -2.44. The molecule has 4 nitrogen and oxygen atoms in total. The lowest BCUT2D eigenvalue weighted by Gasteiger charge is -2.26. The molecule has 15 heavy (non-hydrogen) atoms. The SMILES string of the molecule is CCc1cc(CCN2CCNCC2)no1. The predicted octanol–water partition coefficient (Wildman–Crippen LogP) is 0.685. The van der Waals surface area contributed by atoms with Gasteiger partial charge in [-0.15, -0.1) is 0 Å². The van der Waals surface area contributed by atoms with Gasteiger partial charge in [0.15, 0.2) is 0 Å². The Hall–Kier alpha value is -0.870. The number of aromatic nitrogens is 1. The van der Waals surface area contributed by atoms with Gasteiger partial charge in [-0.2, -0.15) is 0 Å². The van der Waals surface area contributed by atoms with E-state index in [1.54, 1.807) is 0 Å². The highest BCUT2D eigenvalue weighted by Gasteiger charge is 2.10. The van der Waals surface area contributed by atoms with E-state index in [1.807, 2.05) is 0 Å². The summed E-state index contributed by atoms with van der Waals surface area (Å²) < 4.78 is 5.17. The fraction of sp³-hybridized carbons (Fsp3) is 0.727. The minimum Gasteiger partial charge on any atom is -0.361 e. The third kappa shape index (κ3) is 3.04. The molecule has 0 bridgehead atoms. The van der Waals surface area contributed by atoms with Crippen molar-refractivity contribution in [1.82, 2.24) is 15.4 Å². The van der Waals surface area contributed by atoms with E-state index in [0.717, 1.165) is 57.0 Å². The van der Waals surface area contributed by atoms with Crippen LogP contribution in [0.2, 0.25) is 0 Å². The van der Waals surface area contributed by atoms with E-state index in [1.165, 1.54) is 0 Å². The van der Waals surface area contributed by atoms with Gasteiger partial charge in [-0.05, 0) is 0 Å². The highest BCUT2D eigenvalue weighted by molar-refractivity contribution is 5.05. The smallest absolute Gasteiger partial charge is 0.136 e. The Bertz CT molecular complexity index is 292. The van der Waals surface area contributed by atoms with Gasteiger partial charge >= 0.3 is 0 Å². The summed E-state index contributed by atoms with van der Waals surface area (Å²) >= 11 is 0. The van der Waals surface area contributed by atoms with E-state index in [4.69, 9.17) is 4.52 Å². The second kappa shape index (κ2) is 5.28. The lowest BCUT2D eigenvalue weighted by atomic mass is 10.2. The molecular formula is C11H19N3O. The summed E-state index contributed by atoms with van der Waals surface area (Å²) in [6.45, 7) is 7.70. The molecule has 0 aromatic carbocycles. The number of nitrogens with zero attached hydrogens (tertiary/aromatic N) is 2. The van der Waals surface area contributed by atoms with Crippen molar-refractivity contribution >= 4 is 0 Å². The number of rotatable bonds is 4. The molecule has 1 aromatic rings. The molecular weight excluding hydrogens is 190 g/mol. The quantitative estimate of drug-likeness (QED) is 0.792. The first-order chi connectivity index (χ1) is 7.38. The van der Waals surface area contributed by atoms with Crippen molar-refractivity contribution in [3.63, 3.8) is 0 Å². The van der Waals surface area contributed by atoms with E-state index < -0.39 is 0 Å². The van der Waals surface area contributed by atoms with E-state index in [-0.39, 0.29) is 0 Å². The van der Waals surface area contributed by atoms with Crippen LogP contribution >= 0.6 is 0 Å². The molecule has 4 heteroatoms. The Labute approximate surface area is 90.6 Å². The summed E-state index contributed by atoms with van der Waals surface area (Å²) in [6.07, 6.45) is 1.93. The molecule has 0 spiro atoms. The summed E-state index contributed by atoms with van der Waals surface area (Å²) in [7, 11) is 0. The molecule has 1 aliphatic rings. The third-order valence-electron chi connectivity index (χ3n) is 2.85. The van der Waals surface area contributed by atoms with Crippen LogP contribution in [-0.2, 0) is 12.8 Å². The molecule has 2 rings (SSSR count). The van der Waals surface area contributed by atoms with Gasteiger partial charge in [0.1, 0.15) is 5.76 Å². The Morgan fingerprint density at radius 2 is 2.27 bits per heavy atom. The van der Waals surface area contributed by atoms with E-state index in [2.05, 4.69) is 28.4 Å². The Kier molecular flexibility index (Phi) is 3.75. The largest absolute Gasteiger partial charge is 0.361 e. The maximum Gasteiger partial charge on any atom is 0.136 e. The molecule has 1 N–H and O–H groups in total. The van der Waals surface area contributed by atoms with Crippen molar-refractivity contribution in [3.05, 3.63) is 17.5 Å². The standard InChI is InChI=1S/C11H19N3O/c1-2-11-9-10(13-15-11)3-6-14-7-4-12-5-8-14/h9,12H,2-8H2,1H3. The van der Waals surface area contributed by atoms with Crippen molar-refractivity contribution in [3.8, 4) is 0 Å². The van der Waals surface area contributed by atoms with Crippen molar-refractivity contribution in [2.45, 2.75) is 19.8 Å². The third-order valence-corrected chi connectivity index (χ3v) is 2.85. The maximum atomic E-state index is 5.17. The summed E-state index contributed by atoms with van der Waals surface area (Å²) in [5.41, 5.74) is 1.09. The molecule has 1 fully saturated rings. The monoisotopic (exact) mass is 209 g/mol. The van der Waals surface area contributed by atoms with E-state index >= 15 is 0 Å². The molecule has 84 valence electrons. The Morgan fingerprint density at radius 3 is 2.93 bits per heavy atom. The van der Waals surface area contributed by atoms with E-state index in [0.29, 0.717) is 0 Å². The van der Waals surface area contributed by atoms with Crippen LogP contribution in [0, 0.1) is 0 Å². The summed E-state index contributed by atoms with van der Waals surface area (Å²) in [5.74, 6) is 0.991. The zero-order chi connectivity index (χ0) is 10.5. The minimum absolute atomic E-state index is 0.931. The zero-order valence-corrected chi connectivity index (χ0v) is 9.33. The summed E-state index contributed by atoms with van der Waals surface area (Å²) in [4.78, 5) is 2.47. The first-order valence-corrected chi connectivity index (χ1v) is 5.76. The molecule has 1 saturated heterocycles. The van der Waals surface area contributed by atoms with Gasteiger partial charge in [0, 0.05) is 51.6 Å². The van der Waals surface area contributed by atoms with Crippen molar-refractivity contribution in [2.75, 3.05) is 32.7 Å². The molecule has 0 unspecified atom stereocenters. The summed E-state index contributed by atoms with van der Waals surface area (Å²) in [5, 5.41) is 7.40. The van der Waals surface area contributed by atoms with Crippen LogP contribution in [0.15, 0.2) is 10.6 Å². The average molecular weight is 209 g/mol. The van der Waals surface area contributed by atoms with Gasteiger partial charge in [0.25, 0.3) is 0 Å². The highest BCUT2D eigenvalue weighted by Crippen LogP contribution is 2.05. The van der Waals surface area contributed by atoms with Crippen molar-refractivity contribution < 1.29 is 4.52 Å². The second-order valence-electron chi connectivity index (χ2n) is 3.98. The molecule has 1 aromatic heterocycles. The fourth-order valence-electron chi connectivity index (χ4n) is 1.85. The van der Waals surface area contributed by atoms with Crippen LogP contribution in [0.25, 0.3) is 0 Å².